The Labute approximate surface area is 158 Å². The lowest BCUT2D eigenvalue weighted by Crippen LogP contribution is -2.14. The number of benzene rings is 3. The van der Waals surface area contributed by atoms with Gasteiger partial charge in [-0.2, -0.15) is 0 Å². The summed E-state index contributed by atoms with van der Waals surface area (Å²) in [7, 11) is 0. The van der Waals surface area contributed by atoms with Crippen LogP contribution in [0.4, 0.5) is 5.69 Å². The average Bonchev–Trinajstić information content (AvgIpc) is 3.15. The van der Waals surface area contributed by atoms with Crippen LogP contribution in [0.1, 0.15) is 28.4 Å². The normalized spacial score (nSPS) is 12.1. The highest BCUT2D eigenvalue weighted by molar-refractivity contribution is 6.09. The van der Waals surface area contributed by atoms with Gasteiger partial charge in [-0.3, -0.25) is 4.79 Å². The number of carbonyl (C=O) groups excluding carboxylic acids is 1. The summed E-state index contributed by atoms with van der Waals surface area (Å²) in [4.78, 5) is 13.1. The molecule has 136 valence electrons. The van der Waals surface area contributed by atoms with Crippen molar-refractivity contribution in [1.82, 2.24) is 0 Å². The van der Waals surface area contributed by atoms with Crippen LogP contribution in [0.5, 0.6) is 11.5 Å². The maximum Gasteiger partial charge on any atom is 0.256 e. The lowest BCUT2D eigenvalue weighted by Gasteiger charge is -2.14. The van der Waals surface area contributed by atoms with Gasteiger partial charge in [0.2, 0.25) is 6.79 Å². The van der Waals surface area contributed by atoms with Crippen LogP contribution >= 0.6 is 0 Å². The van der Waals surface area contributed by atoms with E-state index >= 15 is 0 Å². The molecule has 3 aromatic rings. The molecule has 1 aliphatic rings. The third-order valence-corrected chi connectivity index (χ3v) is 4.80. The quantitative estimate of drug-likeness (QED) is 0.696. The summed E-state index contributed by atoms with van der Waals surface area (Å²) in [6.45, 7) is 4.30. The molecular formula is C23H21NO3. The number of rotatable bonds is 4. The fourth-order valence-corrected chi connectivity index (χ4v) is 3.30. The molecule has 0 aromatic heterocycles. The van der Waals surface area contributed by atoms with Gasteiger partial charge in [-0.05, 0) is 47.7 Å². The van der Waals surface area contributed by atoms with Crippen LogP contribution in [-0.4, -0.2) is 12.7 Å². The third-order valence-electron chi connectivity index (χ3n) is 4.80. The van der Waals surface area contributed by atoms with Crippen LogP contribution in [0.15, 0.2) is 60.7 Å². The van der Waals surface area contributed by atoms with E-state index in [0.29, 0.717) is 22.7 Å². The van der Waals surface area contributed by atoms with E-state index in [2.05, 4.69) is 36.5 Å². The van der Waals surface area contributed by atoms with Gasteiger partial charge in [0, 0.05) is 11.8 Å². The SMILES string of the molecule is CCc1ccc(-c2cccc(C)c2C(=O)Nc2ccc3c(c2)OCO3)cc1. The second-order valence-electron chi connectivity index (χ2n) is 6.57. The number of nitrogens with one attached hydrogen (secondary N) is 1. The van der Waals surface area contributed by atoms with Crippen molar-refractivity contribution < 1.29 is 14.3 Å². The molecule has 0 saturated carbocycles. The van der Waals surface area contributed by atoms with E-state index in [0.717, 1.165) is 23.1 Å². The van der Waals surface area contributed by atoms with Gasteiger partial charge in [0.15, 0.2) is 11.5 Å². The molecule has 1 aliphatic heterocycles. The minimum Gasteiger partial charge on any atom is -0.454 e. The summed E-state index contributed by atoms with van der Waals surface area (Å²) in [6, 6.07) is 19.7. The molecule has 0 radical (unpaired) electrons. The first-order valence-electron chi connectivity index (χ1n) is 9.05. The Morgan fingerprint density at radius 3 is 2.56 bits per heavy atom. The van der Waals surface area contributed by atoms with E-state index in [-0.39, 0.29) is 12.7 Å². The minimum absolute atomic E-state index is 0.137. The Balaban J connectivity index is 1.67. The zero-order valence-corrected chi connectivity index (χ0v) is 15.4. The number of fused-ring (bicyclic) bond motifs is 1. The smallest absolute Gasteiger partial charge is 0.256 e. The number of carbonyl (C=O) groups is 1. The molecule has 0 spiro atoms. The van der Waals surface area contributed by atoms with Crippen molar-refractivity contribution in [1.29, 1.82) is 0 Å². The fraction of sp³-hybridized carbons (Fsp3) is 0.174. The topological polar surface area (TPSA) is 47.6 Å². The Hall–Kier alpha value is -3.27. The molecule has 0 saturated heterocycles. The lowest BCUT2D eigenvalue weighted by atomic mass is 9.94. The third kappa shape index (κ3) is 3.38. The van der Waals surface area contributed by atoms with Crippen molar-refractivity contribution in [2.24, 2.45) is 0 Å². The van der Waals surface area contributed by atoms with Crippen molar-refractivity contribution in [2.75, 3.05) is 12.1 Å². The number of ether oxygens (including phenoxy) is 2. The Morgan fingerprint density at radius 2 is 1.78 bits per heavy atom. The van der Waals surface area contributed by atoms with Crippen LogP contribution in [0.25, 0.3) is 11.1 Å². The largest absolute Gasteiger partial charge is 0.454 e. The zero-order valence-electron chi connectivity index (χ0n) is 15.4. The van der Waals surface area contributed by atoms with E-state index in [9.17, 15) is 4.79 Å². The Bertz CT molecular complexity index is 993. The first kappa shape index (κ1) is 17.2. The summed E-state index contributed by atoms with van der Waals surface area (Å²) in [5.74, 6) is 1.20. The maximum atomic E-state index is 13.1. The average molecular weight is 359 g/mol. The molecule has 0 atom stereocenters. The number of hydrogen-bond acceptors (Lipinski definition) is 3. The van der Waals surface area contributed by atoms with Crippen molar-refractivity contribution >= 4 is 11.6 Å². The second kappa shape index (κ2) is 7.16. The van der Waals surface area contributed by atoms with Gasteiger partial charge in [-0.15, -0.1) is 0 Å². The van der Waals surface area contributed by atoms with Gasteiger partial charge in [0.05, 0.1) is 5.56 Å². The van der Waals surface area contributed by atoms with Gasteiger partial charge < -0.3 is 14.8 Å². The standard InChI is InChI=1S/C23H21NO3/c1-3-16-7-9-17(10-8-16)19-6-4-5-15(2)22(19)23(25)24-18-11-12-20-21(13-18)27-14-26-20/h4-13H,3,14H2,1-2H3,(H,24,25). The highest BCUT2D eigenvalue weighted by Gasteiger charge is 2.18. The van der Waals surface area contributed by atoms with Gasteiger partial charge in [-0.1, -0.05) is 49.4 Å². The summed E-state index contributed by atoms with van der Waals surface area (Å²) in [6.07, 6.45) is 0.992. The lowest BCUT2D eigenvalue weighted by molar-refractivity contribution is 0.102. The molecule has 0 bridgehead atoms. The van der Waals surface area contributed by atoms with Crippen LogP contribution in [0, 0.1) is 6.92 Å². The van der Waals surface area contributed by atoms with Crippen molar-refractivity contribution in [3.8, 4) is 22.6 Å². The molecular weight excluding hydrogens is 338 g/mol. The summed E-state index contributed by atoms with van der Waals surface area (Å²) >= 11 is 0. The second-order valence-corrected chi connectivity index (χ2v) is 6.57. The number of hydrogen-bond donors (Lipinski definition) is 1. The van der Waals surface area contributed by atoms with Gasteiger partial charge in [0.1, 0.15) is 0 Å². The molecule has 27 heavy (non-hydrogen) atoms. The van der Waals surface area contributed by atoms with Crippen LogP contribution in [0.3, 0.4) is 0 Å². The van der Waals surface area contributed by atoms with Crippen LogP contribution < -0.4 is 14.8 Å². The number of aryl methyl sites for hydroxylation is 2. The number of anilines is 1. The van der Waals surface area contributed by atoms with E-state index < -0.39 is 0 Å². The Morgan fingerprint density at radius 1 is 1.00 bits per heavy atom. The predicted octanol–water partition coefficient (Wildman–Crippen LogP) is 5.21. The minimum atomic E-state index is -0.137. The van der Waals surface area contributed by atoms with Gasteiger partial charge in [-0.25, -0.2) is 0 Å². The van der Waals surface area contributed by atoms with E-state index in [4.69, 9.17) is 9.47 Å². The molecule has 1 amide bonds. The number of amides is 1. The van der Waals surface area contributed by atoms with Crippen LogP contribution in [0.2, 0.25) is 0 Å². The molecule has 0 aliphatic carbocycles. The van der Waals surface area contributed by atoms with Crippen molar-refractivity contribution in [2.45, 2.75) is 20.3 Å². The van der Waals surface area contributed by atoms with Gasteiger partial charge >= 0.3 is 0 Å². The molecule has 4 heteroatoms. The molecule has 3 aromatic carbocycles. The predicted molar refractivity (Wildman–Crippen MR) is 107 cm³/mol. The first-order valence-corrected chi connectivity index (χ1v) is 9.05. The van der Waals surface area contributed by atoms with E-state index in [1.54, 1.807) is 12.1 Å². The van der Waals surface area contributed by atoms with Gasteiger partial charge in [0.25, 0.3) is 5.91 Å². The summed E-state index contributed by atoms with van der Waals surface area (Å²) < 4.78 is 10.7. The van der Waals surface area contributed by atoms with E-state index in [1.165, 1.54) is 5.56 Å². The Kier molecular flexibility index (Phi) is 4.55. The maximum absolute atomic E-state index is 13.1. The molecule has 0 fully saturated rings. The molecule has 4 nitrogen and oxygen atoms in total. The fourth-order valence-electron chi connectivity index (χ4n) is 3.30. The summed E-state index contributed by atoms with van der Waals surface area (Å²) in [5, 5.41) is 2.99. The van der Waals surface area contributed by atoms with E-state index in [1.807, 2.05) is 31.2 Å². The van der Waals surface area contributed by atoms with Crippen LogP contribution in [-0.2, 0) is 6.42 Å². The summed E-state index contributed by atoms with van der Waals surface area (Å²) in [5.41, 5.74) is 5.53. The highest BCUT2D eigenvalue weighted by atomic mass is 16.7. The molecule has 1 heterocycles. The zero-order chi connectivity index (χ0) is 18.8. The van der Waals surface area contributed by atoms with Crippen molar-refractivity contribution in [3.63, 3.8) is 0 Å². The first-order chi connectivity index (χ1) is 13.2. The molecule has 4 rings (SSSR count). The molecule has 0 unspecified atom stereocenters. The monoisotopic (exact) mass is 359 g/mol. The highest BCUT2D eigenvalue weighted by Crippen LogP contribution is 2.35. The molecule has 1 N–H and O–H groups in total. The van der Waals surface area contributed by atoms with Crippen molar-refractivity contribution in [3.05, 3.63) is 77.4 Å².